The predicted molar refractivity (Wildman–Crippen MR) is 67.8 cm³/mol. The fourth-order valence-corrected chi connectivity index (χ4v) is 2.02. The second-order valence-corrected chi connectivity index (χ2v) is 4.59. The highest BCUT2D eigenvalue weighted by Crippen LogP contribution is 2.26. The monoisotopic (exact) mass is 290 g/mol. The normalized spacial score (nSPS) is 23.1. The maximum Gasteiger partial charge on any atom is 0.232 e. The lowest BCUT2D eigenvalue weighted by atomic mass is 10.0. The number of rotatable bonds is 3. The number of ether oxygens (including phenoxy) is 1. The molecule has 1 aliphatic rings. The standard InChI is InChI=1S/C10H12Cl2N4O2/c1-13-6-3-18-2-5(6)10(17)16-9-7(11)8(12)14-4-15-9/h4-6,13H,2-3H2,1H3,(H,14,15,16,17). The summed E-state index contributed by atoms with van der Waals surface area (Å²) in [5.74, 6) is -0.272. The van der Waals surface area contributed by atoms with E-state index in [2.05, 4.69) is 20.6 Å². The molecule has 1 aromatic heterocycles. The summed E-state index contributed by atoms with van der Waals surface area (Å²) >= 11 is 11.6. The molecule has 0 saturated carbocycles. The average Bonchev–Trinajstić information content (AvgIpc) is 2.83. The molecule has 2 atom stereocenters. The Morgan fingerprint density at radius 1 is 1.44 bits per heavy atom. The number of hydrogen-bond donors (Lipinski definition) is 2. The first-order valence-corrected chi connectivity index (χ1v) is 6.11. The Morgan fingerprint density at radius 3 is 2.94 bits per heavy atom. The van der Waals surface area contributed by atoms with Gasteiger partial charge in [0.25, 0.3) is 0 Å². The van der Waals surface area contributed by atoms with E-state index < -0.39 is 0 Å². The van der Waals surface area contributed by atoms with Crippen LogP contribution in [0.4, 0.5) is 5.82 Å². The minimum Gasteiger partial charge on any atom is -0.379 e. The molecule has 1 fully saturated rings. The highest BCUT2D eigenvalue weighted by Gasteiger charge is 2.33. The van der Waals surface area contributed by atoms with Crippen LogP contribution in [0.25, 0.3) is 0 Å². The van der Waals surface area contributed by atoms with Crippen LogP contribution >= 0.6 is 23.2 Å². The molecule has 0 aliphatic carbocycles. The molecule has 8 heteroatoms. The molecule has 0 spiro atoms. The average molecular weight is 291 g/mol. The lowest BCUT2D eigenvalue weighted by Crippen LogP contribution is -2.39. The van der Waals surface area contributed by atoms with Gasteiger partial charge in [-0.05, 0) is 7.05 Å². The van der Waals surface area contributed by atoms with Crippen molar-refractivity contribution in [3.8, 4) is 0 Å². The number of nitrogens with zero attached hydrogens (tertiary/aromatic N) is 2. The van der Waals surface area contributed by atoms with Crippen molar-refractivity contribution in [1.29, 1.82) is 0 Å². The van der Waals surface area contributed by atoms with Gasteiger partial charge in [-0.2, -0.15) is 0 Å². The maximum atomic E-state index is 12.1. The summed E-state index contributed by atoms with van der Waals surface area (Å²) in [6.45, 7) is 0.876. The Labute approximate surface area is 114 Å². The van der Waals surface area contributed by atoms with Gasteiger partial charge in [0.15, 0.2) is 11.0 Å². The molecule has 1 saturated heterocycles. The number of carbonyl (C=O) groups is 1. The molecule has 1 aromatic rings. The maximum absolute atomic E-state index is 12.1. The fraction of sp³-hybridized carbons (Fsp3) is 0.500. The molecule has 2 rings (SSSR count). The minimum atomic E-state index is -0.278. The van der Waals surface area contributed by atoms with Crippen LogP contribution in [0.3, 0.4) is 0 Å². The van der Waals surface area contributed by atoms with Crippen LogP contribution < -0.4 is 10.6 Å². The summed E-state index contributed by atoms with van der Waals surface area (Å²) in [6, 6.07) is -0.0129. The summed E-state index contributed by atoms with van der Waals surface area (Å²) in [6.07, 6.45) is 1.24. The number of nitrogens with one attached hydrogen (secondary N) is 2. The van der Waals surface area contributed by atoms with E-state index in [0.717, 1.165) is 0 Å². The number of carbonyl (C=O) groups excluding carboxylic acids is 1. The van der Waals surface area contributed by atoms with Crippen LogP contribution in [0.15, 0.2) is 6.33 Å². The van der Waals surface area contributed by atoms with Gasteiger partial charge in [-0.15, -0.1) is 0 Å². The van der Waals surface area contributed by atoms with Crippen molar-refractivity contribution in [3.63, 3.8) is 0 Å². The zero-order valence-corrected chi connectivity index (χ0v) is 11.1. The summed E-state index contributed by atoms with van der Waals surface area (Å²) in [4.78, 5) is 19.6. The molecule has 1 amide bonds. The van der Waals surface area contributed by atoms with Crippen LogP contribution in [0.2, 0.25) is 10.2 Å². The van der Waals surface area contributed by atoms with E-state index in [4.69, 9.17) is 27.9 Å². The molecule has 6 nitrogen and oxygen atoms in total. The molecule has 18 heavy (non-hydrogen) atoms. The Hall–Kier alpha value is -0.950. The SMILES string of the molecule is CNC1COCC1C(=O)Nc1ncnc(Cl)c1Cl. The van der Waals surface area contributed by atoms with E-state index in [0.29, 0.717) is 13.2 Å². The molecule has 2 heterocycles. The summed E-state index contributed by atoms with van der Waals surface area (Å²) < 4.78 is 5.26. The summed E-state index contributed by atoms with van der Waals surface area (Å²) in [5.41, 5.74) is 0. The third-order valence-corrected chi connectivity index (χ3v) is 3.52. The van der Waals surface area contributed by atoms with Crippen molar-refractivity contribution in [2.75, 3.05) is 25.6 Å². The second kappa shape index (κ2) is 5.79. The number of aromatic nitrogens is 2. The zero-order chi connectivity index (χ0) is 13.1. The number of likely N-dealkylation sites (N-methyl/N-ethyl adjacent to an activating group) is 1. The second-order valence-electron chi connectivity index (χ2n) is 3.86. The smallest absolute Gasteiger partial charge is 0.232 e. The van der Waals surface area contributed by atoms with Crippen molar-refractivity contribution in [2.24, 2.45) is 5.92 Å². The Balaban J connectivity index is 2.09. The zero-order valence-electron chi connectivity index (χ0n) is 9.61. The molecule has 1 aliphatic heterocycles. The topological polar surface area (TPSA) is 76.1 Å². The quantitative estimate of drug-likeness (QED) is 0.811. The van der Waals surface area contributed by atoms with Gasteiger partial charge in [0.1, 0.15) is 11.3 Å². The lowest BCUT2D eigenvalue weighted by Gasteiger charge is -2.16. The molecule has 2 N–H and O–H groups in total. The van der Waals surface area contributed by atoms with Gasteiger partial charge >= 0.3 is 0 Å². The summed E-state index contributed by atoms with van der Waals surface area (Å²) in [7, 11) is 1.79. The van der Waals surface area contributed by atoms with E-state index in [9.17, 15) is 4.79 Å². The van der Waals surface area contributed by atoms with Crippen molar-refractivity contribution < 1.29 is 9.53 Å². The highest BCUT2D eigenvalue weighted by atomic mass is 35.5. The first-order valence-electron chi connectivity index (χ1n) is 5.35. The van der Waals surface area contributed by atoms with Gasteiger partial charge in [-0.1, -0.05) is 23.2 Å². The number of anilines is 1. The van der Waals surface area contributed by atoms with E-state index >= 15 is 0 Å². The van der Waals surface area contributed by atoms with Gasteiger partial charge < -0.3 is 15.4 Å². The summed E-state index contributed by atoms with van der Waals surface area (Å²) in [5, 5.41) is 5.90. The number of hydrogen-bond acceptors (Lipinski definition) is 5. The van der Waals surface area contributed by atoms with E-state index in [1.54, 1.807) is 7.05 Å². The first kappa shape index (κ1) is 13.5. The molecule has 0 bridgehead atoms. The van der Waals surface area contributed by atoms with Crippen LogP contribution in [0, 0.1) is 5.92 Å². The van der Waals surface area contributed by atoms with E-state index in [1.165, 1.54) is 6.33 Å². The minimum absolute atomic E-state index is 0.0129. The fourth-order valence-electron chi connectivity index (χ4n) is 1.74. The molecule has 98 valence electrons. The van der Waals surface area contributed by atoms with Crippen molar-refractivity contribution in [1.82, 2.24) is 15.3 Å². The van der Waals surface area contributed by atoms with Gasteiger partial charge in [0, 0.05) is 6.04 Å². The molecular weight excluding hydrogens is 279 g/mol. The Morgan fingerprint density at radius 2 is 2.22 bits per heavy atom. The highest BCUT2D eigenvalue weighted by molar-refractivity contribution is 6.42. The molecule has 0 aromatic carbocycles. The van der Waals surface area contributed by atoms with Gasteiger partial charge in [-0.25, -0.2) is 9.97 Å². The van der Waals surface area contributed by atoms with E-state index in [1.807, 2.05) is 0 Å². The van der Waals surface area contributed by atoms with Crippen LogP contribution in [-0.2, 0) is 9.53 Å². The van der Waals surface area contributed by atoms with Gasteiger partial charge in [0.05, 0.1) is 19.1 Å². The molecular formula is C10H12Cl2N4O2. The van der Waals surface area contributed by atoms with Gasteiger partial charge in [-0.3, -0.25) is 4.79 Å². The number of halogens is 2. The third-order valence-electron chi connectivity index (χ3n) is 2.78. The van der Waals surface area contributed by atoms with Crippen LogP contribution in [-0.4, -0.2) is 42.2 Å². The lowest BCUT2D eigenvalue weighted by molar-refractivity contribution is -0.120. The largest absolute Gasteiger partial charge is 0.379 e. The van der Waals surface area contributed by atoms with Crippen LogP contribution in [0.5, 0.6) is 0 Å². The Kier molecular flexibility index (Phi) is 4.34. The predicted octanol–water partition coefficient (Wildman–Crippen LogP) is 0.956. The Bertz CT molecular complexity index is 458. The molecule has 0 radical (unpaired) electrons. The van der Waals surface area contributed by atoms with Crippen molar-refractivity contribution >= 4 is 34.9 Å². The van der Waals surface area contributed by atoms with Gasteiger partial charge in [0.2, 0.25) is 5.91 Å². The first-order chi connectivity index (χ1) is 8.63. The van der Waals surface area contributed by atoms with Crippen LogP contribution in [0.1, 0.15) is 0 Å². The van der Waals surface area contributed by atoms with Crippen molar-refractivity contribution in [3.05, 3.63) is 16.5 Å². The molecule has 2 unspecified atom stereocenters. The third kappa shape index (κ3) is 2.72. The number of amides is 1. The van der Waals surface area contributed by atoms with E-state index in [-0.39, 0.29) is 33.9 Å². The van der Waals surface area contributed by atoms with Crippen molar-refractivity contribution in [2.45, 2.75) is 6.04 Å².